The number of likely N-dealkylation sites (N-methyl/N-ethyl adjacent to an activating group) is 1. The van der Waals surface area contributed by atoms with Crippen LogP contribution in [0.4, 0.5) is 16.2 Å². The Labute approximate surface area is 267 Å². The van der Waals surface area contributed by atoms with Gasteiger partial charge in [0.1, 0.15) is 6.10 Å². The van der Waals surface area contributed by atoms with Crippen molar-refractivity contribution in [3.8, 4) is 5.75 Å². The zero-order chi connectivity index (χ0) is 32.3. The van der Waals surface area contributed by atoms with Crippen molar-refractivity contribution >= 4 is 55.7 Å². The molecule has 0 radical (unpaired) electrons. The van der Waals surface area contributed by atoms with Crippen molar-refractivity contribution in [2.45, 2.75) is 30.9 Å². The minimum absolute atomic E-state index is 0.0579. The first-order valence-electron chi connectivity index (χ1n) is 14.5. The smallest absolute Gasteiger partial charge is 0.323 e. The summed E-state index contributed by atoms with van der Waals surface area (Å²) in [7, 11) is -2.45. The third-order valence-electron chi connectivity index (χ3n) is 7.94. The number of hydrogen-bond donors (Lipinski definition) is 3. The molecule has 0 aliphatic carbocycles. The lowest BCUT2D eigenvalue weighted by atomic mass is 9.99. The summed E-state index contributed by atoms with van der Waals surface area (Å²) < 4.78 is 34.5. The fourth-order valence-corrected chi connectivity index (χ4v) is 6.62. The zero-order valence-corrected chi connectivity index (χ0v) is 26.7. The number of fused-ring (bicyclic) bond motifs is 2. The van der Waals surface area contributed by atoms with Crippen LogP contribution in [-0.2, 0) is 10.0 Å². The molecule has 0 aromatic heterocycles. The number of nitrogens with one attached hydrogen (secondary N) is 2. The minimum Gasteiger partial charge on any atom is -0.486 e. The van der Waals surface area contributed by atoms with Crippen LogP contribution in [0.1, 0.15) is 24.2 Å². The van der Waals surface area contributed by atoms with Crippen LogP contribution in [0.3, 0.4) is 0 Å². The maximum Gasteiger partial charge on any atom is 0.323 e. The van der Waals surface area contributed by atoms with Gasteiger partial charge in [-0.3, -0.25) is 4.79 Å². The van der Waals surface area contributed by atoms with Gasteiger partial charge in [0.25, 0.3) is 5.91 Å². The van der Waals surface area contributed by atoms with Crippen LogP contribution in [0.15, 0.2) is 89.8 Å². The van der Waals surface area contributed by atoms with Crippen LogP contribution >= 0.6 is 11.6 Å². The van der Waals surface area contributed by atoms with E-state index in [9.17, 15) is 23.1 Å². The molecule has 0 saturated carbocycles. The van der Waals surface area contributed by atoms with E-state index in [4.69, 9.17) is 16.3 Å². The first-order valence-corrected chi connectivity index (χ1v) is 16.3. The van der Waals surface area contributed by atoms with Crippen LogP contribution in [0, 0.1) is 5.92 Å². The first kappa shape index (κ1) is 32.2. The quantitative estimate of drug-likeness (QED) is 0.225. The highest BCUT2D eigenvalue weighted by atomic mass is 35.5. The number of aliphatic hydroxyl groups is 1. The average Bonchev–Trinajstić information content (AvgIpc) is 3.03. The summed E-state index contributed by atoms with van der Waals surface area (Å²) in [6, 6.07) is 22.9. The van der Waals surface area contributed by atoms with Gasteiger partial charge in [0.05, 0.1) is 41.0 Å². The second kappa shape index (κ2) is 13.5. The Bertz CT molecular complexity index is 1810. The topological polar surface area (TPSA) is 128 Å². The number of anilines is 2. The van der Waals surface area contributed by atoms with Gasteiger partial charge in [0.2, 0.25) is 10.0 Å². The van der Waals surface area contributed by atoms with Crippen LogP contribution in [0.25, 0.3) is 10.8 Å². The average molecular weight is 651 g/mol. The Morgan fingerprint density at radius 3 is 2.40 bits per heavy atom. The number of benzene rings is 4. The van der Waals surface area contributed by atoms with Crippen molar-refractivity contribution < 1.29 is 27.9 Å². The molecule has 12 heteroatoms. The van der Waals surface area contributed by atoms with Crippen molar-refractivity contribution in [1.29, 1.82) is 0 Å². The Kier molecular flexibility index (Phi) is 9.64. The molecule has 1 heterocycles. The highest BCUT2D eigenvalue weighted by molar-refractivity contribution is 7.89. The van der Waals surface area contributed by atoms with E-state index in [-0.39, 0.29) is 53.4 Å². The van der Waals surface area contributed by atoms with Crippen molar-refractivity contribution in [2.75, 3.05) is 37.4 Å². The van der Waals surface area contributed by atoms with Gasteiger partial charge in [-0.2, -0.15) is 4.31 Å². The molecule has 236 valence electrons. The summed E-state index contributed by atoms with van der Waals surface area (Å²) in [5.74, 6) is -0.631. The molecule has 10 nitrogen and oxygen atoms in total. The number of carbonyl (C=O) groups is 2. The summed E-state index contributed by atoms with van der Waals surface area (Å²) in [6.07, 6.45) is -0.735. The van der Waals surface area contributed by atoms with Crippen molar-refractivity contribution in [1.82, 2.24) is 9.21 Å². The third kappa shape index (κ3) is 6.91. The Morgan fingerprint density at radius 2 is 1.67 bits per heavy atom. The molecule has 3 N–H and O–H groups in total. The molecule has 0 fully saturated rings. The SMILES string of the molecule is C[C@@H]1CN([C@@H](C)CO)C(=O)c2cccc(NC(=O)Nc3cccc4ccccc34)c2O[C@@H]1CN(C)S(=O)(=O)c1ccc(Cl)cc1. The fourth-order valence-electron chi connectivity index (χ4n) is 5.31. The van der Waals surface area contributed by atoms with Crippen molar-refractivity contribution in [3.05, 3.63) is 95.5 Å². The molecular weight excluding hydrogens is 616 g/mol. The first-order chi connectivity index (χ1) is 21.5. The number of rotatable bonds is 8. The summed E-state index contributed by atoms with van der Waals surface area (Å²) >= 11 is 5.97. The molecule has 0 bridgehead atoms. The van der Waals surface area contributed by atoms with Gasteiger partial charge < -0.3 is 25.4 Å². The summed E-state index contributed by atoms with van der Waals surface area (Å²) in [4.78, 5) is 28.7. The van der Waals surface area contributed by atoms with Crippen LogP contribution in [0.5, 0.6) is 5.75 Å². The van der Waals surface area contributed by atoms with E-state index in [2.05, 4.69) is 10.6 Å². The molecule has 3 atom stereocenters. The van der Waals surface area contributed by atoms with E-state index in [0.29, 0.717) is 10.7 Å². The van der Waals surface area contributed by atoms with E-state index >= 15 is 0 Å². The number of urea groups is 1. The van der Waals surface area contributed by atoms with Crippen LogP contribution in [0.2, 0.25) is 5.02 Å². The van der Waals surface area contributed by atoms with E-state index in [1.54, 1.807) is 36.1 Å². The number of sulfonamides is 1. The summed E-state index contributed by atoms with van der Waals surface area (Å²) in [6.45, 7) is 3.47. The molecule has 0 unspecified atom stereocenters. The lowest BCUT2D eigenvalue weighted by Crippen LogP contribution is -2.50. The maximum absolute atomic E-state index is 13.8. The second-order valence-electron chi connectivity index (χ2n) is 11.2. The van der Waals surface area contributed by atoms with Crippen molar-refractivity contribution in [3.63, 3.8) is 0 Å². The van der Waals surface area contributed by atoms with Gasteiger partial charge in [0.15, 0.2) is 5.75 Å². The normalized spacial score (nSPS) is 17.6. The molecule has 45 heavy (non-hydrogen) atoms. The van der Waals surface area contributed by atoms with E-state index in [1.165, 1.54) is 35.6 Å². The predicted octanol–water partition coefficient (Wildman–Crippen LogP) is 5.68. The predicted molar refractivity (Wildman–Crippen MR) is 175 cm³/mol. The molecule has 0 spiro atoms. The van der Waals surface area contributed by atoms with Crippen LogP contribution in [-0.4, -0.2) is 73.6 Å². The van der Waals surface area contributed by atoms with Gasteiger partial charge in [-0.25, -0.2) is 13.2 Å². The number of para-hydroxylation sites is 1. The number of carbonyl (C=O) groups excluding carboxylic acids is 2. The summed E-state index contributed by atoms with van der Waals surface area (Å²) in [5.41, 5.74) is 1.01. The zero-order valence-electron chi connectivity index (χ0n) is 25.1. The summed E-state index contributed by atoms with van der Waals surface area (Å²) in [5, 5.41) is 17.9. The van der Waals surface area contributed by atoms with Gasteiger partial charge in [-0.1, -0.05) is 61.0 Å². The molecule has 3 amide bonds. The van der Waals surface area contributed by atoms with Crippen LogP contribution < -0.4 is 15.4 Å². The standard InChI is InChI=1S/C33H35ClN4O6S/c1-21-18-38(22(2)20-39)32(40)27-11-7-13-29(36-33(41)35-28-12-6-9-23-8-4-5-10-26(23)28)31(27)44-30(21)19-37(3)45(42,43)25-16-14-24(34)15-17-25/h4-17,21-22,30,39H,18-20H2,1-3H3,(H2,35,36,41)/t21-,22+,30-/m1/s1. The number of hydrogen-bond acceptors (Lipinski definition) is 6. The number of aliphatic hydroxyl groups excluding tert-OH is 1. The molecule has 5 rings (SSSR count). The highest BCUT2D eigenvalue weighted by Gasteiger charge is 2.36. The number of nitrogens with zero attached hydrogens (tertiary/aromatic N) is 2. The minimum atomic E-state index is -3.91. The lowest BCUT2D eigenvalue weighted by Gasteiger charge is -2.38. The second-order valence-corrected chi connectivity index (χ2v) is 13.6. The lowest BCUT2D eigenvalue weighted by molar-refractivity contribution is 0.0389. The van der Waals surface area contributed by atoms with Gasteiger partial charge >= 0.3 is 6.03 Å². The highest BCUT2D eigenvalue weighted by Crippen LogP contribution is 2.35. The Morgan fingerprint density at radius 1 is 1.02 bits per heavy atom. The molecule has 4 aromatic rings. The largest absolute Gasteiger partial charge is 0.486 e. The molecule has 0 saturated heterocycles. The fraction of sp³-hybridized carbons (Fsp3) is 0.273. The third-order valence-corrected chi connectivity index (χ3v) is 10.0. The molecule has 4 aromatic carbocycles. The molecule has 1 aliphatic heterocycles. The maximum atomic E-state index is 13.8. The number of amides is 3. The van der Waals surface area contributed by atoms with Gasteiger partial charge in [-0.05, 0) is 54.8 Å². The van der Waals surface area contributed by atoms with E-state index in [0.717, 1.165) is 10.8 Å². The van der Waals surface area contributed by atoms with E-state index < -0.39 is 28.2 Å². The van der Waals surface area contributed by atoms with Crippen molar-refractivity contribution in [2.24, 2.45) is 5.92 Å². The number of ether oxygens (including phenoxy) is 1. The number of halogens is 1. The Balaban J connectivity index is 1.48. The van der Waals surface area contributed by atoms with E-state index in [1.807, 2.05) is 43.3 Å². The van der Waals surface area contributed by atoms with Gasteiger partial charge in [-0.15, -0.1) is 0 Å². The monoisotopic (exact) mass is 650 g/mol. The Hall–Kier alpha value is -4.16. The van der Waals surface area contributed by atoms with Gasteiger partial charge in [0, 0.05) is 29.9 Å². The molecule has 1 aliphatic rings. The molecular formula is C33H35ClN4O6S.